The molecule has 16 heavy (non-hydrogen) atoms. The summed E-state index contributed by atoms with van der Waals surface area (Å²) in [5, 5.41) is 0. The van der Waals surface area contributed by atoms with Gasteiger partial charge in [0.05, 0.1) is 6.10 Å². The average molecular weight is 244 g/mol. The van der Waals surface area contributed by atoms with Crippen molar-refractivity contribution in [2.75, 3.05) is 0 Å². The van der Waals surface area contributed by atoms with Crippen LogP contribution in [0.3, 0.4) is 0 Å². The molecular formula is C13H22ClNO. The summed E-state index contributed by atoms with van der Waals surface area (Å²) in [6.07, 6.45) is 1.22. The second kappa shape index (κ2) is 6.77. The fourth-order valence-electron chi connectivity index (χ4n) is 1.53. The Bertz CT molecular complexity index is 324. The molecular weight excluding hydrogens is 222 g/mol. The van der Waals surface area contributed by atoms with Gasteiger partial charge in [0, 0.05) is 11.6 Å². The molecule has 0 saturated heterocycles. The second-order valence-electron chi connectivity index (χ2n) is 4.18. The number of halogens is 1. The fraction of sp³-hybridized carbons (Fsp3) is 0.538. The first-order valence-electron chi connectivity index (χ1n) is 5.59. The van der Waals surface area contributed by atoms with E-state index in [0.717, 1.165) is 17.7 Å². The Morgan fingerprint density at radius 1 is 1.25 bits per heavy atom. The van der Waals surface area contributed by atoms with Gasteiger partial charge in [0.25, 0.3) is 0 Å². The van der Waals surface area contributed by atoms with Gasteiger partial charge in [-0.3, -0.25) is 0 Å². The third-order valence-corrected chi connectivity index (χ3v) is 2.34. The summed E-state index contributed by atoms with van der Waals surface area (Å²) in [5.41, 5.74) is 8.34. The van der Waals surface area contributed by atoms with Gasteiger partial charge in [-0.15, -0.1) is 12.4 Å². The van der Waals surface area contributed by atoms with Gasteiger partial charge in [-0.1, -0.05) is 19.1 Å². The van der Waals surface area contributed by atoms with Crippen molar-refractivity contribution < 1.29 is 4.74 Å². The first-order valence-corrected chi connectivity index (χ1v) is 5.59. The van der Waals surface area contributed by atoms with E-state index in [1.54, 1.807) is 0 Å². The lowest BCUT2D eigenvalue weighted by molar-refractivity contribution is 0.239. The molecule has 0 aliphatic rings. The minimum absolute atomic E-state index is 0. The van der Waals surface area contributed by atoms with Crippen LogP contribution in [0.1, 0.15) is 44.9 Å². The van der Waals surface area contributed by atoms with Gasteiger partial charge in [0.1, 0.15) is 5.75 Å². The van der Waals surface area contributed by atoms with Crippen molar-refractivity contribution in [3.05, 3.63) is 29.3 Å². The zero-order valence-corrected chi connectivity index (χ0v) is 11.3. The summed E-state index contributed by atoms with van der Waals surface area (Å²) < 4.78 is 5.73. The third-order valence-electron chi connectivity index (χ3n) is 2.34. The Balaban J connectivity index is 0.00000225. The summed E-state index contributed by atoms with van der Waals surface area (Å²) in [6.45, 7) is 8.18. The molecule has 0 heterocycles. The van der Waals surface area contributed by atoms with Crippen molar-refractivity contribution in [2.24, 2.45) is 5.73 Å². The van der Waals surface area contributed by atoms with Crippen LogP contribution in [0, 0.1) is 0 Å². The maximum Gasteiger partial charge on any atom is 0.124 e. The topological polar surface area (TPSA) is 35.2 Å². The van der Waals surface area contributed by atoms with Gasteiger partial charge in [-0.2, -0.15) is 0 Å². The predicted octanol–water partition coefficient (Wildman–Crippen LogP) is 3.48. The molecule has 0 bridgehead atoms. The molecule has 1 rings (SSSR count). The molecule has 1 aromatic carbocycles. The zero-order chi connectivity index (χ0) is 11.4. The van der Waals surface area contributed by atoms with E-state index in [2.05, 4.69) is 19.1 Å². The van der Waals surface area contributed by atoms with E-state index in [-0.39, 0.29) is 24.6 Å². The van der Waals surface area contributed by atoms with Crippen molar-refractivity contribution in [3.63, 3.8) is 0 Å². The summed E-state index contributed by atoms with van der Waals surface area (Å²) in [4.78, 5) is 0. The van der Waals surface area contributed by atoms with Gasteiger partial charge in [-0.25, -0.2) is 0 Å². The van der Waals surface area contributed by atoms with Crippen LogP contribution in [0.2, 0.25) is 0 Å². The molecule has 2 N–H and O–H groups in total. The highest BCUT2D eigenvalue weighted by molar-refractivity contribution is 5.85. The molecule has 0 aliphatic heterocycles. The van der Waals surface area contributed by atoms with Gasteiger partial charge >= 0.3 is 0 Å². The predicted molar refractivity (Wildman–Crippen MR) is 71.4 cm³/mol. The smallest absolute Gasteiger partial charge is 0.124 e. The molecule has 0 aliphatic carbocycles. The van der Waals surface area contributed by atoms with E-state index in [4.69, 9.17) is 10.5 Å². The second-order valence-corrected chi connectivity index (χ2v) is 4.18. The molecule has 3 heteroatoms. The van der Waals surface area contributed by atoms with E-state index in [1.165, 1.54) is 5.56 Å². The van der Waals surface area contributed by atoms with E-state index < -0.39 is 0 Å². The molecule has 1 unspecified atom stereocenters. The standard InChI is InChI=1S/C13H21NO.ClH/c1-5-11-6-7-13(15-9(2)3)12(8-11)10(4)14;/h6-10H,5,14H2,1-4H3;1H. The molecule has 0 fully saturated rings. The molecule has 0 spiro atoms. The molecule has 1 atom stereocenters. The Morgan fingerprint density at radius 3 is 2.31 bits per heavy atom. The Morgan fingerprint density at radius 2 is 1.88 bits per heavy atom. The van der Waals surface area contributed by atoms with E-state index in [1.807, 2.05) is 26.8 Å². The molecule has 2 nitrogen and oxygen atoms in total. The van der Waals surface area contributed by atoms with Crippen LogP contribution in [0.25, 0.3) is 0 Å². The first kappa shape index (κ1) is 15.3. The number of hydrogen-bond donors (Lipinski definition) is 1. The molecule has 92 valence electrons. The number of benzene rings is 1. The van der Waals surface area contributed by atoms with E-state index in [0.29, 0.717) is 0 Å². The third kappa shape index (κ3) is 4.03. The van der Waals surface area contributed by atoms with E-state index in [9.17, 15) is 0 Å². The molecule has 0 radical (unpaired) electrons. The summed E-state index contributed by atoms with van der Waals surface area (Å²) >= 11 is 0. The Kier molecular flexibility index (Phi) is 6.46. The maximum atomic E-state index is 5.93. The quantitative estimate of drug-likeness (QED) is 0.879. The number of nitrogens with two attached hydrogens (primary N) is 1. The SMILES string of the molecule is CCc1ccc(OC(C)C)c(C(C)N)c1.Cl. The molecule has 0 aromatic heterocycles. The van der Waals surface area contributed by atoms with Crippen molar-refractivity contribution in [1.82, 2.24) is 0 Å². The molecule has 0 saturated carbocycles. The molecule has 0 amide bonds. The highest BCUT2D eigenvalue weighted by atomic mass is 35.5. The van der Waals surface area contributed by atoms with Crippen LogP contribution in [-0.4, -0.2) is 6.10 Å². The summed E-state index contributed by atoms with van der Waals surface area (Å²) in [5.74, 6) is 0.914. The van der Waals surface area contributed by atoms with Crippen LogP contribution >= 0.6 is 12.4 Å². The van der Waals surface area contributed by atoms with Gasteiger partial charge < -0.3 is 10.5 Å². The van der Waals surface area contributed by atoms with Gasteiger partial charge in [-0.05, 0) is 38.8 Å². The van der Waals surface area contributed by atoms with Crippen LogP contribution < -0.4 is 10.5 Å². The Labute approximate surface area is 105 Å². The summed E-state index contributed by atoms with van der Waals surface area (Å²) in [7, 11) is 0. The minimum Gasteiger partial charge on any atom is -0.491 e. The highest BCUT2D eigenvalue weighted by Gasteiger charge is 2.09. The number of aryl methyl sites for hydroxylation is 1. The van der Waals surface area contributed by atoms with Crippen LogP contribution in [0.5, 0.6) is 5.75 Å². The van der Waals surface area contributed by atoms with Crippen molar-refractivity contribution in [1.29, 1.82) is 0 Å². The van der Waals surface area contributed by atoms with Crippen molar-refractivity contribution in [2.45, 2.75) is 46.3 Å². The number of ether oxygens (including phenoxy) is 1. The van der Waals surface area contributed by atoms with Gasteiger partial charge in [0.2, 0.25) is 0 Å². The van der Waals surface area contributed by atoms with Crippen LogP contribution in [0.15, 0.2) is 18.2 Å². The monoisotopic (exact) mass is 243 g/mol. The van der Waals surface area contributed by atoms with E-state index >= 15 is 0 Å². The average Bonchev–Trinajstić information content (AvgIpc) is 2.17. The number of rotatable bonds is 4. The highest BCUT2D eigenvalue weighted by Crippen LogP contribution is 2.26. The lowest BCUT2D eigenvalue weighted by Crippen LogP contribution is -2.12. The zero-order valence-electron chi connectivity index (χ0n) is 10.5. The van der Waals surface area contributed by atoms with Crippen molar-refractivity contribution in [3.8, 4) is 5.75 Å². The van der Waals surface area contributed by atoms with Crippen LogP contribution in [-0.2, 0) is 6.42 Å². The van der Waals surface area contributed by atoms with Crippen LogP contribution in [0.4, 0.5) is 0 Å². The lowest BCUT2D eigenvalue weighted by Gasteiger charge is -2.17. The maximum absolute atomic E-state index is 5.93. The van der Waals surface area contributed by atoms with Gasteiger partial charge in [0.15, 0.2) is 0 Å². The first-order chi connectivity index (χ1) is 7.04. The minimum atomic E-state index is 0. The Hall–Kier alpha value is -0.730. The van der Waals surface area contributed by atoms with Crippen molar-refractivity contribution >= 4 is 12.4 Å². The normalized spacial score (nSPS) is 12.1. The number of hydrogen-bond acceptors (Lipinski definition) is 2. The fourth-order valence-corrected chi connectivity index (χ4v) is 1.53. The molecule has 1 aromatic rings. The lowest BCUT2D eigenvalue weighted by atomic mass is 10.0. The largest absolute Gasteiger partial charge is 0.491 e. The summed E-state index contributed by atoms with van der Waals surface area (Å²) in [6, 6.07) is 6.29.